The van der Waals surface area contributed by atoms with Crippen LogP contribution < -0.4 is 16.0 Å². The van der Waals surface area contributed by atoms with Gasteiger partial charge in [0.25, 0.3) is 0 Å². The van der Waals surface area contributed by atoms with Crippen LogP contribution in [-0.4, -0.2) is 76.6 Å². The second kappa shape index (κ2) is 13.1. The highest BCUT2D eigenvalue weighted by molar-refractivity contribution is 8.00. The summed E-state index contributed by atoms with van der Waals surface area (Å²) in [4.78, 5) is 62.5. The van der Waals surface area contributed by atoms with E-state index in [1.807, 2.05) is 46.7 Å². The Labute approximate surface area is 291 Å². The van der Waals surface area contributed by atoms with Crippen molar-refractivity contribution in [3.05, 3.63) is 75.0 Å². The van der Waals surface area contributed by atoms with E-state index in [4.69, 9.17) is 21.7 Å². The van der Waals surface area contributed by atoms with Crippen molar-refractivity contribution >= 4 is 85.6 Å². The molecule has 15 nitrogen and oxygen atoms in total. The van der Waals surface area contributed by atoms with Gasteiger partial charge in [-0.2, -0.15) is 0 Å². The first-order chi connectivity index (χ1) is 23.2. The first kappa shape index (κ1) is 33.8. The Morgan fingerprint density at radius 3 is 2.65 bits per heavy atom. The summed E-state index contributed by atoms with van der Waals surface area (Å²) in [6, 6.07) is 5.81. The third kappa shape index (κ3) is 6.66. The Morgan fingerprint density at radius 2 is 2.00 bits per heavy atom. The van der Waals surface area contributed by atoms with Crippen molar-refractivity contribution < 1.29 is 38.8 Å². The van der Waals surface area contributed by atoms with Crippen molar-refractivity contribution in [1.82, 2.24) is 14.5 Å². The number of carbonyl (C=O) groups excluding carboxylic acids is 2. The van der Waals surface area contributed by atoms with E-state index in [-0.39, 0.29) is 41.0 Å². The average Bonchev–Trinajstić information content (AvgIpc) is 3.80. The Balaban J connectivity index is 1.18. The average molecular weight is 724 g/mol. The highest BCUT2D eigenvalue weighted by Crippen LogP contribution is 2.45. The van der Waals surface area contributed by atoms with Crippen LogP contribution in [0.3, 0.4) is 0 Å². The van der Waals surface area contributed by atoms with Crippen LogP contribution in [0, 0.1) is 11.3 Å². The molecule has 4 aromatic heterocycles. The van der Waals surface area contributed by atoms with E-state index < -0.39 is 40.5 Å². The number of amides is 1. The van der Waals surface area contributed by atoms with E-state index in [1.165, 1.54) is 47.2 Å². The molecule has 2 atom stereocenters. The van der Waals surface area contributed by atoms with Crippen molar-refractivity contribution in [3.63, 3.8) is 0 Å². The van der Waals surface area contributed by atoms with Gasteiger partial charge < -0.3 is 31.1 Å². The Hall–Kier alpha value is -5.07. The number of oxime groups is 1. The maximum atomic E-state index is 13.5. The SMILES string of the molecule is CC(C)(O/N=C(\C(=O)C[C@@H]1C(=O)N2C(C(=O)O)=C(C[n+]3ccc4c(ccn4Cc4cc(C(=N)N)cs4)c3)CS[C@H]12)c1csc(N)n1)C(=O)O. The third-order valence-corrected chi connectivity index (χ3v) is 11.1. The molecule has 4 aromatic rings. The van der Waals surface area contributed by atoms with Crippen LogP contribution in [0.15, 0.2) is 64.0 Å². The number of aromatic nitrogens is 3. The molecule has 1 amide bonds. The van der Waals surface area contributed by atoms with Gasteiger partial charge >= 0.3 is 11.9 Å². The number of Topliss-reactive ketones (excluding diaryl/α,β-unsaturated/α-hetero) is 1. The van der Waals surface area contributed by atoms with E-state index in [1.54, 1.807) is 0 Å². The lowest BCUT2D eigenvalue weighted by Crippen LogP contribution is -2.62. The summed E-state index contributed by atoms with van der Waals surface area (Å²) in [6.45, 7) is 3.38. The molecule has 254 valence electrons. The summed E-state index contributed by atoms with van der Waals surface area (Å²) in [5, 5.41) is 34.9. The number of fused-ring (bicyclic) bond motifs is 2. The van der Waals surface area contributed by atoms with Crippen LogP contribution in [0.1, 0.15) is 36.4 Å². The second-order valence-electron chi connectivity index (χ2n) is 11.9. The highest BCUT2D eigenvalue weighted by atomic mass is 32.2. The van der Waals surface area contributed by atoms with Crippen LogP contribution >= 0.6 is 34.4 Å². The number of aliphatic carboxylic acids is 2. The number of anilines is 1. The number of nitrogens with zero attached hydrogens (tertiary/aromatic N) is 5. The number of thiazole rings is 1. The van der Waals surface area contributed by atoms with E-state index >= 15 is 0 Å². The molecule has 0 spiro atoms. The molecule has 1 saturated heterocycles. The summed E-state index contributed by atoms with van der Waals surface area (Å²) in [6.07, 6.45) is 5.43. The van der Waals surface area contributed by atoms with E-state index in [0.717, 1.165) is 27.1 Å². The number of β-lactam (4-membered cyclic amide) rings is 1. The number of rotatable bonds is 13. The number of nitrogens with one attached hydrogen (secondary N) is 1. The van der Waals surface area contributed by atoms with Gasteiger partial charge in [-0.1, -0.05) is 5.16 Å². The number of carbonyl (C=O) groups is 4. The van der Waals surface area contributed by atoms with E-state index in [9.17, 15) is 29.4 Å². The minimum absolute atomic E-state index is 0.0255. The molecular weight excluding hydrogens is 693 g/mol. The van der Waals surface area contributed by atoms with Crippen LogP contribution in [0.5, 0.6) is 0 Å². The van der Waals surface area contributed by atoms with Crippen LogP contribution in [-0.2, 0) is 37.1 Å². The quantitative estimate of drug-likeness (QED) is 0.0442. The third-order valence-electron chi connectivity index (χ3n) is 8.11. The monoisotopic (exact) mass is 723 g/mol. The smallest absolute Gasteiger partial charge is 0.352 e. The van der Waals surface area contributed by atoms with Gasteiger partial charge in [0.05, 0.1) is 28.7 Å². The molecule has 0 aliphatic carbocycles. The number of amidine groups is 1. The molecule has 18 heteroatoms. The van der Waals surface area contributed by atoms with Crippen molar-refractivity contribution in [2.24, 2.45) is 16.8 Å². The lowest BCUT2D eigenvalue weighted by Gasteiger charge is -2.49. The van der Waals surface area contributed by atoms with Crippen molar-refractivity contribution in [2.45, 2.75) is 44.3 Å². The number of hydrogen-bond acceptors (Lipinski definition) is 12. The molecule has 2 aliphatic rings. The zero-order chi connectivity index (χ0) is 35.2. The fraction of sp³-hybridized carbons (Fsp3) is 0.290. The standard InChI is InChI=1S/C31H30N8O7S3/c1-31(2,29(44)45)46-36-23(20-14-49-30(34)35-20)22(40)8-19-26(41)39-24(28(42)43)17(13-48-27(19)39)10-37-5-4-21-15(9-37)3-6-38(21)11-18-7-16(12-47-18)25(32)33/h3-7,9,12,14,19,27H,8,10-11,13H2,1-2H3,(H6-,32,33,34,35,42,43,44,45)/p+1/b36-23-/t19-,27-/m1/s1. The van der Waals surface area contributed by atoms with Gasteiger partial charge in [-0.3, -0.25) is 19.9 Å². The lowest BCUT2D eigenvalue weighted by atomic mass is 9.89. The molecular formula is C31H31N8O7S3+. The highest BCUT2D eigenvalue weighted by Gasteiger charge is 2.54. The zero-order valence-corrected chi connectivity index (χ0v) is 28.6. The van der Waals surface area contributed by atoms with Crippen molar-refractivity contribution in [2.75, 3.05) is 11.5 Å². The summed E-state index contributed by atoms with van der Waals surface area (Å²) in [5.41, 5.74) is 11.5. The fourth-order valence-electron chi connectivity index (χ4n) is 5.49. The maximum Gasteiger partial charge on any atom is 0.352 e. The van der Waals surface area contributed by atoms with Gasteiger partial charge in [0.2, 0.25) is 11.5 Å². The minimum Gasteiger partial charge on any atom is -0.478 e. The largest absolute Gasteiger partial charge is 0.478 e. The number of hydrogen-bond donors (Lipinski definition) is 5. The Kier molecular flexibility index (Phi) is 9.03. The van der Waals surface area contributed by atoms with Crippen LogP contribution in [0.25, 0.3) is 10.9 Å². The Morgan fingerprint density at radius 1 is 1.22 bits per heavy atom. The van der Waals surface area contributed by atoms with Crippen molar-refractivity contribution in [1.29, 1.82) is 5.41 Å². The van der Waals surface area contributed by atoms with E-state index in [2.05, 4.69) is 14.7 Å². The number of pyridine rings is 1. The number of nitrogen functional groups attached to an aromatic ring is 2. The minimum atomic E-state index is -1.74. The summed E-state index contributed by atoms with van der Waals surface area (Å²) >= 11 is 3.95. The summed E-state index contributed by atoms with van der Waals surface area (Å²) < 4.78 is 3.95. The molecule has 6 heterocycles. The number of thioether (sulfide) groups is 1. The predicted octanol–water partition coefficient (Wildman–Crippen LogP) is 2.47. The first-order valence-corrected chi connectivity index (χ1v) is 17.6. The van der Waals surface area contributed by atoms with Crippen molar-refractivity contribution in [3.8, 4) is 0 Å². The molecule has 2 aliphatic heterocycles. The molecule has 0 unspecified atom stereocenters. The lowest BCUT2D eigenvalue weighted by molar-refractivity contribution is -0.687. The van der Waals surface area contributed by atoms with Crippen LogP contribution in [0.2, 0.25) is 0 Å². The molecule has 1 fully saturated rings. The predicted molar refractivity (Wildman–Crippen MR) is 183 cm³/mol. The molecule has 6 rings (SSSR count). The van der Waals surface area contributed by atoms with Gasteiger partial charge in [-0.25, -0.2) is 19.1 Å². The molecule has 0 saturated carbocycles. The molecule has 7 N–H and O–H groups in total. The number of thiophene rings is 1. The number of nitrogens with two attached hydrogens (primary N) is 2. The van der Waals surface area contributed by atoms with Gasteiger partial charge in [0.1, 0.15) is 17.2 Å². The van der Waals surface area contributed by atoms with Gasteiger partial charge in [-0.05, 0) is 26.0 Å². The van der Waals surface area contributed by atoms with Gasteiger partial charge in [0, 0.05) is 51.2 Å². The summed E-state index contributed by atoms with van der Waals surface area (Å²) in [5.74, 6) is -4.16. The maximum absolute atomic E-state index is 13.5. The number of ketones is 1. The number of carboxylic acids is 2. The molecule has 49 heavy (non-hydrogen) atoms. The van der Waals surface area contributed by atoms with E-state index in [0.29, 0.717) is 23.4 Å². The summed E-state index contributed by atoms with van der Waals surface area (Å²) in [7, 11) is 0. The molecule has 0 bridgehead atoms. The normalized spacial score (nSPS) is 18.0. The van der Waals surface area contributed by atoms with Gasteiger partial charge in [0.15, 0.2) is 35.6 Å². The first-order valence-electron chi connectivity index (χ1n) is 14.8. The van der Waals surface area contributed by atoms with Crippen LogP contribution in [0.4, 0.5) is 5.13 Å². The topological polar surface area (TPSA) is 231 Å². The molecule has 0 radical (unpaired) electrons. The second-order valence-corrected chi connectivity index (χ2v) is 14.9. The Bertz CT molecular complexity index is 2100. The number of carboxylic acid groups (broad SMARTS) is 2. The molecule has 0 aromatic carbocycles. The fourth-order valence-corrected chi connectivity index (χ4v) is 8.32. The van der Waals surface area contributed by atoms with Gasteiger partial charge in [-0.15, -0.1) is 34.4 Å². The zero-order valence-electron chi connectivity index (χ0n) is 26.2.